The first-order valence-corrected chi connectivity index (χ1v) is 10.6. The Hall–Kier alpha value is -2.86. The molecule has 2 aromatic rings. The Labute approximate surface area is 178 Å². The molecule has 1 fully saturated rings. The second kappa shape index (κ2) is 10.3. The summed E-state index contributed by atoms with van der Waals surface area (Å²) in [4.78, 5) is 28.3. The maximum atomic E-state index is 13.0. The molecule has 0 aromatic heterocycles. The molecule has 1 aliphatic heterocycles. The number of carbonyl (C=O) groups is 2. The highest BCUT2D eigenvalue weighted by molar-refractivity contribution is 5.85. The van der Waals surface area contributed by atoms with Crippen LogP contribution in [0.15, 0.2) is 60.7 Å². The van der Waals surface area contributed by atoms with Gasteiger partial charge >= 0.3 is 6.09 Å². The van der Waals surface area contributed by atoms with Crippen LogP contribution in [-0.2, 0) is 4.79 Å². The molecule has 1 atom stereocenters. The van der Waals surface area contributed by atoms with E-state index in [-0.39, 0.29) is 17.9 Å². The van der Waals surface area contributed by atoms with E-state index in [0.717, 1.165) is 13.1 Å². The van der Waals surface area contributed by atoms with Crippen LogP contribution in [0.1, 0.15) is 37.4 Å². The van der Waals surface area contributed by atoms with Gasteiger partial charge in [0.15, 0.2) is 0 Å². The normalized spacial score (nSPS) is 15.9. The van der Waals surface area contributed by atoms with Gasteiger partial charge in [0.25, 0.3) is 0 Å². The van der Waals surface area contributed by atoms with Gasteiger partial charge in [0.2, 0.25) is 5.91 Å². The second-order valence-corrected chi connectivity index (χ2v) is 8.22. The lowest BCUT2D eigenvalue weighted by Gasteiger charge is -2.40. The Morgan fingerprint density at radius 2 is 1.40 bits per heavy atom. The summed E-state index contributed by atoms with van der Waals surface area (Å²) < 4.78 is 0. The van der Waals surface area contributed by atoms with Crippen molar-refractivity contribution in [2.45, 2.75) is 32.4 Å². The quantitative estimate of drug-likeness (QED) is 0.733. The van der Waals surface area contributed by atoms with Crippen LogP contribution < -0.4 is 5.32 Å². The Morgan fingerprint density at radius 3 is 1.83 bits per heavy atom. The number of hydrogen-bond donors (Lipinski definition) is 2. The van der Waals surface area contributed by atoms with Crippen molar-refractivity contribution in [2.75, 3.05) is 26.2 Å². The van der Waals surface area contributed by atoms with Gasteiger partial charge in [0, 0.05) is 26.2 Å². The van der Waals surface area contributed by atoms with E-state index in [0.29, 0.717) is 19.5 Å². The minimum atomic E-state index is -1.15. The zero-order chi connectivity index (χ0) is 21.5. The van der Waals surface area contributed by atoms with Crippen LogP contribution in [0, 0.1) is 5.92 Å². The van der Waals surface area contributed by atoms with Crippen molar-refractivity contribution in [3.05, 3.63) is 71.8 Å². The molecule has 0 unspecified atom stereocenters. The van der Waals surface area contributed by atoms with Gasteiger partial charge in [-0.05, 0) is 23.5 Å². The molecule has 1 saturated heterocycles. The van der Waals surface area contributed by atoms with E-state index >= 15 is 0 Å². The fourth-order valence-corrected chi connectivity index (χ4v) is 4.15. The zero-order valence-corrected chi connectivity index (χ0v) is 17.7. The van der Waals surface area contributed by atoms with E-state index in [1.807, 2.05) is 26.0 Å². The maximum Gasteiger partial charge on any atom is 0.405 e. The van der Waals surface area contributed by atoms with Gasteiger partial charge in [0.1, 0.15) is 6.04 Å². The molecular formula is C24H31N3O3. The molecule has 160 valence electrons. The summed E-state index contributed by atoms with van der Waals surface area (Å²) in [6.45, 7) is 6.64. The molecule has 30 heavy (non-hydrogen) atoms. The predicted molar refractivity (Wildman–Crippen MR) is 117 cm³/mol. The van der Waals surface area contributed by atoms with E-state index in [1.54, 1.807) is 4.90 Å². The molecule has 2 aromatic carbocycles. The van der Waals surface area contributed by atoms with Crippen molar-refractivity contribution in [1.82, 2.24) is 15.1 Å². The SMILES string of the molecule is CC(C)C[C@H](NC(=O)O)C(=O)N1CCN(C(c2ccccc2)c2ccccc2)CC1. The summed E-state index contributed by atoms with van der Waals surface area (Å²) in [7, 11) is 0. The summed E-state index contributed by atoms with van der Waals surface area (Å²) in [6, 6.07) is 20.3. The summed E-state index contributed by atoms with van der Waals surface area (Å²) in [5.74, 6) is 0.106. The molecule has 3 rings (SSSR count). The lowest BCUT2D eigenvalue weighted by molar-refractivity contribution is -0.135. The lowest BCUT2D eigenvalue weighted by Crippen LogP contribution is -2.55. The monoisotopic (exact) mass is 409 g/mol. The number of nitrogens with one attached hydrogen (secondary N) is 1. The average molecular weight is 410 g/mol. The number of rotatable bonds is 7. The first-order valence-electron chi connectivity index (χ1n) is 10.6. The van der Waals surface area contributed by atoms with Gasteiger partial charge in [-0.25, -0.2) is 4.79 Å². The van der Waals surface area contributed by atoms with Crippen molar-refractivity contribution in [2.24, 2.45) is 5.92 Å². The van der Waals surface area contributed by atoms with Gasteiger partial charge in [0.05, 0.1) is 6.04 Å². The fraction of sp³-hybridized carbons (Fsp3) is 0.417. The van der Waals surface area contributed by atoms with Crippen molar-refractivity contribution in [3.63, 3.8) is 0 Å². The van der Waals surface area contributed by atoms with E-state index in [2.05, 4.69) is 58.7 Å². The first kappa shape index (κ1) is 21.8. The smallest absolute Gasteiger partial charge is 0.405 e. The van der Waals surface area contributed by atoms with Crippen LogP contribution in [0.25, 0.3) is 0 Å². The third-order valence-electron chi connectivity index (χ3n) is 5.52. The summed E-state index contributed by atoms with van der Waals surface area (Å²) in [5, 5.41) is 11.5. The summed E-state index contributed by atoms with van der Waals surface area (Å²) in [6.07, 6.45) is -0.650. The van der Waals surface area contributed by atoms with Crippen molar-refractivity contribution in [3.8, 4) is 0 Å². The molecule has 2 amide bonds. The third kappa shape index (κ3) is 5.60. The van der Waals surface area contributed by atoms with Crippen LogP contribution in [0.5, 0.6) is 0 Å². The van der Waals surface area contributed by atoms with Gasteiger partial charge in [-0.1, -0.05) is 74.5 Å². The number of nitrogens with zero attached hydrogens (tertiary/aromatic N) is 2. The van der Waals surface area contributed by atoms with E-state index in [9.17, 15) is 9.59 Å². The molecule has 0 aliphatic carbocycles. The van der Waals surface area contributed by atoms with Crippen molar-refractivity contribution >= 4 is 12.0 Å². The molecule has 2 N–H and O–H groups in total. The molecule has 0 saturated carbocycles. The van der Waals surface area contributed by atoms with Crippen LogP contribution >= 0.6 is 0 Å². The van der Waals surface area contributed by atoms with E-state index < -0.39 is 12.1 Å². The maximum absolute atomic E-state index is 13.0. The molecule has 6 heteroatoms. The highest BCUT2D eigenvalue weighted by atomic mass is 16.4. The Kier molecular flexibility index (Phi) is 7.46. The minimum Gasteiger partial charge on any atom is -0.465 e. The average Bonchev–Trinajstić information content (AvgIpc) is 2.74. The number of benzene rings is 2. The Balaban J connectivity index is 1.72. The zero-order valence-electron chi connectivity index (χ0n) is 17.7. The predicted octanol–water partition coefficient (Wildman–Crippen LogP) is 3.60. The standard InChI is InChI=1S/C24H31N3O3/c1-18(2)17-21(25-24(29)30)23(28)27-15-13-26(14-16-27)22(19-9-5-3-6-10-19)20-11-7-4-8-12-20/h3-12,18,21-22,25H,13-17H2,1-2H3,(H,29,30)/t21-/m0/s1. The van der Waals surface area contributed by atoms with Crippen molar-refractivity contribution in [1.29, 1.82) is 0 Å². The molecule has 0 spiro atoms. The number of hydrogen-bond acceptors (Lipinski definition) is 3. The Bertz CT molecular complexity index is 779. The van der Waals surface area contributed by atoms with Crippen molar-refractivity contribution < 1.29 is 14.7 Å². The van der Waals surface area contributed by atoms with Crippen LogP contribution in [0.4, 0.5) is 4.79 Å². The fourth-order valence-electron chi connectivity index (χ4n) is 4.15. The number of carboxylic acid groups (broad SMARTS) is 1. The van der Waals surface area contributed by atoms with E-state index in [1.165, 1.54) is 11.1 Å². The van der Waals surface area contributed by atoms with Gasteiger partial charge in [-0.2, -0.15) is 0 Å². The topological polar surface area (TPSA) is 72.9 Å². The number of piperazine rings is 1. The summed E-state index contributed by atoms with van der Waals surface area (Å²) >= 11 is 0. The Morgan fingerprint density at radius 1 is 0.900 bits per heavy atom. The highest BCUT2D eigenvalue weighted by Crippen LogP contribution is 2.29. The molecule has 6 nitrogen and oxygen atoms in total. The minimum absolute atomic E-state index is 0.123. The number of amides is 2. The van der Waals surface area contributed by atoms with Crippen LogP contribution in [-0.4, -0.2) is 59.1 Å². The third-order valence-corrected chi connectivity index (χ3v) is 5.52. The second-order valence-electron chi connectivity index (χ2n) is 8.22. The van der Waals surface area contributed by atoms with Gasteiger partial charge in [-0.15, -0.1) is 0 Å². The molecule has 1 heterocycles. The van der Waals surface area contributed by atoms with Crippen LogP contribution in [0.2, 0.25) is 0 Å². The van der Waals surface area contributed by atoms with Crippen LogP contribution in [0.3, 0.4) is 0 Å². The molecular weight excluding hydrogens is 378 g/mol. The lowest BCUT2D eigenvalue weighted by atomic mass is 9.96. The first-order chi connectivity index (χ1) is 14.5. The number of carbonyl (C=O) groups excluding carboxylic acids is 1. The van der Waals surface area contributed by atoms with Gasteiger partial charge in [-0.3, -0.25) is 9.69 Å². The summed E-state index contributed by atoms with van der Waals surface area (Å²) in [5.41, 5.74) is 2.46. The van der Waals surface area contributed by atoms with E-state index in [4.69, 9.17) is 5.11 Å². The van der Waals surface area contributed by atoms with Gasteiger partial charge < -0.3 is 15.3 Å². The molecule has 0 bridgehead atoms. The largest absolute Gasteiger partial charge is 0.465 e. The molecule has 0 radical (unpaired) electrons. The highest BCUT2D eigenvalue weighted by Gasteiger charge is 2.32. The molecule has 1 aliphatic rings.